The maximum Gasteiger partial charge on any atom is 0.253 e. The fourth-order valence-corrected chi connectivity index (χ4v) is 4.79. The first kappa shape index (κ1) is 20.6. The van der Waals surface area contributed by atoms with Crippen molar-refractivity contribution in [2.45, 2.75) is 58.5 Å². The molecular formula is C24H31N3O3. The van der Waals surface area contributed by atoms with Crippen LogP contribution in [0.1, 0.15) is 61.9 Å². The second kappa shape index (κ2) is 8.62. The first-order valence-corrected chi connectivity index (χ1v) is 11.2. The van der Waals surface area contributed by atoms with Crippen molar-refractivity contribution in [3.05, 3.63) is 55.8 Å². The van der Waals surface area contributed by atoms with Gasteiger partial charge in [-0.3, -0.25) is 14.4 Å². The molecule has 6 nitrogen and oxygen atoms in total. The van der Waals surface area contributed by atoms with Crippen LogP contribution in [0.15, 0.2) is 33.9 Å². The van der Waals surface area contributed by atoms with Crippen LogP contribution in [0.3, 0.4) is 0 Å². The summed E-state index contributed by atoms with van der Waals surface area (Å²) < 4.78 is 0. The Morgan fingerprint density at radius 2 is 1.70 bits per heavy atom. The third-order valence-corrected chi connectivity index (χ3v) is 7.02. The average Bonchev–Trinajstić information content (AvgIpc) is 3.27. The third-order valence-electron chi connectivity index (χ3n) is 7.02. The summed E-state index contributed by atoms with van der Waals surface area (Å²) in [5, 5.41) is 6.34. The van der Waals surface area contributed by atoms with Crippen LogP contribution >= 0.6 is 0 Å². The lowest BCUT2D eigenvalue weighted by Gasteiger charge is -2.34. The van der Waals surface area contributed by atoms with Crippen LogP contribution in [0.4, 0.5) is 11.4 Å². The van der Waals surface area contributed by atoms with Crippen molar-refractivity contribution in [3.63, 3.8) is 0 Å². The molecule has 0 spiro atoms. The molecule has 3 atom stereocenters. The molecule has 0 unspecified atom stereocenters. The largest absolute Gasteiger partial charge is 0.376 e. The standard InChI is InChI=1S/C24H31N3O3/c1-15-6-5-7-19(16(15)2)26-24(30)18-10-8-17(9-11-18)14-25-20-21(23(29)22(20)28)27-12-3-4-13-27/h8-11,15-16,19,25H,3-7,12-14H2,1-2H3,(H,26,30)/t15-,16-,19+/m1/s1. The first-order chi connectivity index (χ1) is 14.5. The van der Waals surface area contributed by atoms with Gasteiger partial charge in [-0.15, -0.1) is 0 Å². The molecule has 1 amide bonds. The van der Waals surface area contributed by atoms with Crippen molar-refractivity contribution < 1.29 is 4.79 Å². The minimum absolute atomic E-state index is 0.0285. The van der Waals surface area contributed by atoms with Gasteiger partial charge >= 0.3 is 0 Å². The van der Waals surface area contributed by atoms with Gasteiger partial charge in [0.15, 0.2) is 0 Å². The molecule has 0 bridgehead atoms. The summed E-state index contributed by atoms with van der Waals surface area (Å²) in [4.78, 5) is 38.6. The van der Waals surface area contributed by atoms with Crippen LogP contribution in [0, 0.1) is 11.8 Å². The van der Waals surface area contributed by atoms with E-state index in [1.807, 2.05) is 29.2 Å². The predicted octanol–water partition coefficient (Wildman–Crippen LogP) is 3.05. The molecule has 4 rings (SSSR count). The highest BCUT2D eigenvalue weighted by molar-refractivity contribution is 5.94. The van der Waals surface area contributed by atoms with Crippen molar-refractivity contribution >= 4 is 17.3 Å². The van der Waals surface area contributed by atoms with E-state index in [2.05, 4.69) is 24.5 Å². The van der Waals surface area contributed by atoms with E-state index in [9.17, 15) is 14.4 Å². The second-order valence-electron chi connectivity index (χ2n) is 8.97. The maximum atomic E-state index is 12.6. The molecule has 1 aliphatic heterocycles. The zero-order valence-corrected chi connectivity index (χ0v) is 17.9. The lowest BCUT2D eigenvalue weighted by Crippen LogP contribution is -2.43. The SMILES string of the molecule is C[C@@H]1[C@H](C)CCC[C@@H]1NC(=O)c1ccc(CNc2c(N3CCCC3)c(=O)c2=O)cc1. The predicted molar refractivity (Wildman–Crippen MR) is 120 cm³/mol. The van der Waals surface area contributed by atoms with Gasteiger partial charge in [0, 0.05) is 31.2 Å². The Balaban J connectivity index is 1.35. The summed E-state index contributed by atoms with van der Waals surface area (Å²) in [6.45, 7) is 6.60. The number of anilines is 2. The summed E-state index contributed by atoms with van der Waals surface area (Å²) in [5.41, 5.74) is 1.79. The molecule has 2 aliphatic rings. The highest BCUT2D eigenvalue weighted by Crippen LogP contribution is 2.29. The average molecular weight is 410 g/mol. The molecule has 1 saturated heterocycles. The second-order valence-corrected chi connectivity index (χ2v) is 8.97. The number of nitrogens with zero attached hydrogens (tertiary/aromatic N) is 1. The van der Waals surface area contributed by atoms with Crippen molar-refractivity contribution in [1.82, 2.24) is 5.32 Å². The van der Waals surface area contributed by atoms with Crippen LogP contribution in [-0.4, -0.2) is 25.0 Å². The quantitative estimate of drug-likeness (QED) is 0.717. The fourth-order valence-electron chi connectivity index (χ4n) is 4.79. The fraction of sp³-hybridized carbons (Fsp3) is 0.542. The molecule has 1 saturated carbocycles. The number of carbonyl (C=O) groups excluding carboxylic acids is 1. The number of nitrogens with one attached hydrogen (secondary N) is 2. The van der Waals surface area contributed by atoms with Gasteiger partial charge in [0.1, 0.15) is 11.4 Å². The van der Waals surface area contributed by atoms with Gasteiger partial charge in [0.2, 0.25) is 0 Å². The van der Waals surface area contributed by atoms with E-state index in [-0.39, 0.29) is 17.4 Å². The van der Waals surface area contributed by atoms with Crippen molar-refractivity contribution in [2.75, 3.05) is 23.3 Å². The van der Waals surface area contributed by atoms with E-state index < -0.39 is 5.43 Å². The topological polar surface area (TPSA) is 78.5 Å². The minimum atomic E-state index is -0.427. The minimum Gasteiger partial charge on any atom is -0.376 e. The summed E-state index contributed by atoms with van der Waals surface area (Å²) in [5.74, 6) is 1.10. The number of carbonyl (C=O) groups is 1. The van der Waals surface area contributed by atoms with E-state index in [0.29, 0.717) is 35.3 Å². The smallest absolute Gasteiger partial charge is 0.253 e. The molecule has 0 aromatic heterocycles. The van der Waals surface area contributed by atoms with E-state index in [1.54, 1.807) is 0 Å². The number of benzene rings is 1. The van der Waals surface area contributed by atoms with Gasteiger partial charge in [-0.25, -0.2) is 0 Å². The van der Waals surface area contributed by atoms with Gasteiger partial charge in [0.25, 0.3) is 16.8 Å². The molecule has 1 aliphatic carbocycles. The molecule has 160 valence electrons. The molecule has 2 aromatic carbocycles. The van der Waals surface area contributed by atoms with Crippen LogP contribution in [-0.2, 0) is 6.54 Å². The zero-order chi connectivity index (χ0) is 21.3. The summed E-state index contributed by atoms with van der Waals surface area (Å²) >= 11 is 0. The highest BCUT2D eigenvalue weighted by atomic mass is 16.2. The molecule has 0 radical (unpaired) electrons. The lowest BCUT2D eigenvalue weighted by molar-refractivity contribution is 0.0891. The molecule has 2 fully saturated rings. The van der Waals surface area contributed by atoms with Gasteiger partial charge in [0.05, 0.1) is 0 Å². The molecule has 2 N–H and O–H groups in total. The summed E-state index contributed by atoms with van der Waals surface area (Å²) in [6, 6.07) is 7.69. The number of hydrogen-bond acceptors (Lipinski definition) is 5. The Labute approximate surface area is 177 Å². The van der Waals surface area contributed by atoms with E-state index in [1.165, 1.54) is 6.42 Å². The van der Waals surface area contributed by atoms with Crippen molar-refractivity contribution in [1.29, 1.82) is 0 Å². The van der Waals surface area contributed by atoms with Crippen LogP contribution in [0.2, 0.25) is 0 Å². The van der Waals surface area contributed by atoms with E-state index >= 15 is 0 Å². The summed E-state index contributed by atoms with van der Waals surface area (Å²) in [7, 11) is 0. The van der Waals surface area contributed by atoms with Gasteiger partial charge < -0.3 is 15.5 Å². The Kier molecular flexibility index (Phi) is 5.93. The third kappa shape index (κ3) is 4.00. The lowest BCUT2D eigenvalue weighted by atomic mass is 9.78. The highest BCUT2D eigenvalue weighted by Gasteiger charge is 2.29. The van der Waals surface area contributed by atoms with Crippen LogP contribution in [0.5, 0.6) is 0 Å². The molecule has 2 aromatic rings. The van der Waals surface area contributed by atoms with Crippen LogP contribution < -0.4 is 26.4 Å². The Morgan fingerprint density at radius 1 is 1.00 bits per heavy atom. The number of amides is 1. The van der Waals surface area contributed by atoms with Crippen molar-refractivity contribution in [3.8, 4) is 0 Å². The Hall–Kier alpha value is -2.63. The van der Waals surface area contributed by atoms with E-state index in [4.69, 9.17) is 0 Å². The molecule has 30 heavy (non-hydrogen) atoms. The van der Waals surface area contributed by atoms with Gasteiger partial charge in [-0.1, -0.05) is 38.8 Å². The van der Waals surface area contributed by atoms with E-state index in [0.717, 1.165) is 44.3 Å². The number of rotatable bonds is 6. The Morgan fingerprint density at radius 3 is 2.40 bits per heavy atom. The van der Waals surface area contributed by atoms with Gasteiger partial charge in [-0.2, -0.15) is 0 Å². The molecule has 6 heteroatoms. The normalized spacial score (nSPS) is 24.2. The van der Waals surface area contributed by atoms with Gasteiger partial charge in [-0.05, 0) is 48.8 Å². The van der Waals surface area contributed by atoms with Crippen LogP contribution in [0.25, 0.3) is 0 Å². The molecule has 1 heterocycles. The monoisotopic (exact) mass is 409 g/mol. The zero-order valence-electron chi connectivity index (χ0n) is 17.9. The Bertz CT molecular complexity index is 969. The summed E-state index contributed by atoms with van der Waals surface area (Å²) in [6.07, 6.45) is 5.55. The van der Waals surface area contributed by atoms with Crippen molar-refractivity contribution in [2.24, 2.45) is 11.8 Å². The first-order valence-electron chi connectivity index (χ1n) is 11.2. The maximum absolute atomic E-state index is 12.6. The number of hydrogen-bond donors (Lipinski definition) is 2. The molecular weight excluding hydrogens is 378 g/mol.